The summed E-state index contributed by atoms with van der Waals surface area (Å²) in [5.74, 6) is 2.96. The molecule has 0 bridgehead atoms. The Hall–Kier alpha value is -0.450. The second-order valence-electron chi connectivity index (χ2n) is 4.16. The Morgan fingerprint density at radius 3 is 2.43 bits per heavy atom. The number of hydrogen-bond acceptors (Lipinski definition) is 0. The van der Waals surface area contributed by atoms with Gasteiger partial charge >= 0.3 is 0 Å². The Morgan fingerprint density at radius 1 is 1.29 bits per heavy atom. The van der Waals surface area contributed by atoms with Gasteiger partial charge in [0.2, 0.25) is 0 Å². The van der Waals surface area contributed by atoms with Crippen LogP contribution in [0.25, 0.3) is 0 Å². The molecule has 0 aromatic heterocycles. The van der Waals surface area contributed by atoms with Gasteiger partial charge in [-0.05, 0) is 34.0 Å². The van der Waals surface area contributed by atoms with Crippen LogP contribution in [-0.4, -0.2) is 0 Å². The van der Waals surface area contributed by atoms with E-state index < -0.39 is 0 Å². The molecule has 0 amide bonds. The first-order valence-electron chi connectivity index (χ1n) is 4.37. The molecule has 0 fully saturated rings. The van der Waals surface area contributed by atoms with Crippen LogP contribution in [0.4, 0.5) is 0 Å². The summed E-state index contributed by atoms with van der Waals surface area (Å²) in [7, 11) is 0. The van der Waals surface area contributed by atoms with Gasteiger partial charge in [0.1, 0.15) is 0 Å². The van der Waals surface area contributed by atoms with Crippen molar-refractivity contribution in [2.45, 2.75) is 26.2 Å². The monoisotopic (exact) mass is 270 g/mol. The maximum absolute atomic E-state index is 6.12. The van der Waals surface area contributed by atoms with Crippen molar-refractivity contribution in [3.8, 4) is 10.8 Å². The Labute approximate surface area is 98.8 Å². The number of rotatable bonds is 0. The molecule has 0 saturated heterocycles. The van der Waals surface area contributed by atoms with Gasteiger partial charge in [-0.3, -0.25) is 0 Å². The molecule has 0 atom stereocenters. The van der Waals surface area contributed by atoms with Crippen LogP contribution >= 0.6 is 27.5 Å². The molecule has 74 valence electrons. The van der Waals surface area contributed by atoms with Gasteiger partial charge in [0.05, 0.1) is 0 Å². The Morgan fingerprint density at radius 2 is 1.93 bits per heavy atom. The number of benzene rings is 1. The fourth-order valence-corrected chi connectivity index (χ4v) is 1.86. The second-order valence-corrected chi connectivity index (χ2v) is 4.97. The minimum atomic E-state index is 0.0566. The number of hydrogen-bond donors (Lipinski definition) is 0. The van der Waals surface area contributed by atoms with Crippen molar-refractivity contribution in [2.24, 2.45) is 0 Å². The molecule has 1 rings (SSSR count). The van der Waals surface area contributed by atoms with Crippen molar-refractivity contribution in [2.75, 3.05) is 0 Å². The van der Waals surface area contributed by atoms with Crippen LogP contribution in [0.1, 0.15) is 31.9 Å². The Kier molecular flexibility index (Phi) is 3.64. The van der Waals surface area contributed by atoms with E-state index in [-0.39, 0.29) is 5.41 Å². The molecule has 0 radical (unpaired) electrons. The number of halogens is 2. The van der Waals surface area contributed by atoms with Crippen LogP contribution in [-0.2, 0) is 5.41 Å². The third-order valence-electron chi connectivity index (χ3n) is 1.97. The van der Waals surface area contributed by atoms with E-state index in [1.165, 1.54) is 0 Å². The summed E-state index contributed by atoms with van der Waals surface area (Å²) < 4.78 is 0. The van der Waals surface area contributed by atoms with Gasteiger partial charge in [-0.15, -0.1) is 0 Å². The molecule has 0 heterocycles. The molecule has 0 aliphatic rings. The van der Waals surface area contributed by atoms with Crippen LogP contribution in [0.3, 0.4) is 0 Å². The van der Waals surface area contributed by atoms with Gasteiger partial charge < -0.3 is 0 Å². The minimum absolute atomic E-state index is 0.0566. The van der Waals surface area contributed by atoms with Gasteiger partial charge in [-0.2, -0.15) is 0 Å². The molecule has 0 N–H and O–H groups in total. The van der Waals surface area contributed by atoms with Crippen LogP contribution < -0.4 is 0 Å². The predicted molar refractivity (Wildman–Crippen MR) is 66.0 cm³/mol. The standard InChI is InChI=1S/C12H12BrCl/c1-12(2,3)10-8-9(6-7-13)4-5-11(10)14/h4-5,8H,1-3H3. The Balaban J connectivity index is 3.26. The topological polar surface area (TPSA) is 0 Å². The fraction of sp³-hybridized carbons (Fsp3) is 0.333. The summed E-state index contributed by atoms with van der Waals surface area (Å²) in [6, 6.07) is 5.86. The molecular weight excluding hydrogens is 259 g/mol. The average molecular weight is 272 g/mol. The molecule has 0 unspecified atom stereocenters. The van der Waals surface area contributed by atoms with E-state index in [4.69, 9.17) is 11.6 Å². The summed E-state index contributed by atoms with van der Waals surface area (Å²) in [4.78, 5) is 2.70. The summed E-state index contributed by atoms with van der Waals surface area (Å²) >= 11 is 9.21. The van der Waals surface area contributed by atoms with Crippen molar-refractivity contribution in [1.82, 2.24) is 0 Å². The summed E-state index contributed by atoms with van der Waals surface area (Å²) in [5, 5.41) is 0.803. The molecule has 0 saturated carbocycles. The quantitative estimate of drug-likeness (QED) is 0.616. The van der Waals surface area contributed by atoms with Crippen LogP contribution in [0.2, 0.25) is 5.02 Å². The molecule has 1 aromatic rings. The van der Waals surface area contributed by atoms with E-state index in [0.717, 1.165) is 16.1 Å². The lowest BCUT2D eigenvalue weighted by atomic mass is 9.86. The zero-order chi connectivity index (χ0) is 10.8. The predicted octanol–water partition coefficient (Wildman–Crippen LogP) is 4.34. The third kappa shape index (κ3) is 2.77. The lowest BCUT2D eigenvalue weighted by molar-refractivity contribution is 0.590. The normalized spacial score (nSPS) is 10.6. The molecule has 0 aliphatic heterocycles. The minimum Gasteiger partial charge on any atom is -0.0840 e. The van der Waals surface area contributed by atoms with Gasteiger partial charge in [-0.1, -0.05) is 38.3 Å². The van der Waals surface area contributed by atoms with Crippen molar-refractivity contribution in [3.05, 3.63) is 34.3 Å². The average Bonchev–Trinajstić information content (AvgIpc) is 2.07. The zero-order valence-corrected chi connectivity index (χ0v) is 10.8. The smallest absolute Gasteiger partial charge is 0.0444 e. The summed E-state index contributed by atoms with van der Waals surface area (Å²) in [6.45, 7) is 6.42. The van der Waals surface area contributed by atoms with Crippen molar-refractivity contribution in [3.63, 3.8) is 0 Å². The first kappa shape index (κ1) is 11.6. The highest BCUT2D eigenvalue weighted by Crippen LogP contribution is 2.29. The first-order chi connectivity index (χ1) is 6.45. The van der Waals surface area contributed by atoms with Gasteiger partial charge in [0, 0.05) is 26.5 Å². The van der Waals surface area contributed by atoms with Crippen molar-refractivity contribution < 1.29 is 0 Å². The van der Waals surface area contributed by atoms with Crippen molar-refractivity contribution in [1.29, 1.82) is 0 Å². The first-order valence-corrected chi connectivity index (χ1v) is 5.54. The molecular formula is C12H12BrCl. The van der Waals surface area contributed by atoms with E-state index >= 15 is 0 Å². The highest BCUT2D eigenvalue weighted by molar-refractivity contribution is 9.12. The van der Waals surface area contributed by atoms with E-state index in [1.54, 1.807) is 0 Å². The van der Waals surface area contributed by atoms with E-state index in [1.807, 2.05) is 18.2 Å². The highest BCUT2D eigenvalue weighted by Gasteiger charge is 2.17. The molecule has 0 aliphatic carbocycles. The SMILES string of the molecule is CC(C)(C)c1cc(C#CBr)ccc1Cl. The fourth-order valence-electron chi connectivity index (χ4n) is 1.23. The third-order valence-corrected chi connectivity index (χ3v) is 2.49. The second kappa shape index (κ2) is 4.38. The lowest BCUT2D eigenvalue weighted by Crippen LogP contribution is -2.11. The van der Waals surface area contributed by atoms with Crippen LogP contribution in [0, 0.1) is 10.8 Å². The molecule has 0 spiro atoms. The summed E-state index contributed by atoms with van der Waals surface area (Å²) in [6.07, 6.45) is 0. The Bertz CT molecular complexity index is 391. The van der Waals surface area contributed by atoms with E-state index in [2.05, 4.69) is 47.5 Å². The van der Waals surface area contributed by atoms with Gasteiger partial charge in [-0.25, -0.2) is 0 Å². The van der Waals surface area contributed by atoms with Crippen LogP contribution in [0.15, 0.2) is 18.2 Å². The molecule has 2 heteroatoms. The molecule has 0 nitrogen and oxygen atoms in total. The molecule has 1 aromatic carbocycles. The lowest BCUT2D eigenvalue weighted by Gasteiger charge is -2.20. The van der Waals surface area contributed by atoms with Crippen LogP contribution in [0.5, 0.6) is 0 Å². The van der Waals surface area contributed by atoms with Crippen molar-refractivity contribution >= 4 is 27.5 Å². The highest BCUT2D eigenvalue weighted by atomic mass is 79.9. The maximum Gasteiger partial charge on any atom is 0.0444 e. The van der Waals surface area contributed by atoms with Gasteiger partial charge in [0.15, 0.2) is 0 Å². The summed E-state index contributed by atoms with van der Waals surface area (Å²) in [5.41, 5.74) is 2.17. The van der Waals surface area contributed by atoms with E-state index in [9.17, 15) is 0 Å². The van der Waals surface area contributed by atoms with Gasteiger partial charge in [0.25, 0.3) is 0 Å². The van der Waals surface area contributed by atoms with E-state index in [0.29, 0.717) is 0 Å². The maximum atomic E-state index is 6.12. The zero-order valence-electron chi connectivity index (χ0n) is 8.49. The molecule has 14 heavy (non-hydrogen) atoms. The largest absolute Gasteiger partial charge is 0.0840 e.